The van der Waals surface area contributed by atoms with E-state index in [1.54, 1.807) is 11.8 Å². The van der Waals surface area contributed by atoms with Gasteiger partial charge in [0.25, 0.3) is 0 Å². The summed E-state index contributed by atoms with van der Waals surface area (Å²) in [6.45, 7) is 6.71. The molecule has 0 saturated carbocycles. The Morgan fingerprint density at radius 1 is 1.22 bits per heavy atom. The molecule has 1 saturated heterocycles. The molecular formula is C17H21N3O2S. The van der Waals surface area contributed by atoms with Crippen LogP contribution in [0.25, 0.3) is 5.69 Å². The van der Waals surface area contributed by atoms with Gasteiger partial charge < -0.3 is 9.64 Å². The first-order valence-corrected chi connectivity index (χ1v) is 8.75. The Kier molecular flexibility index (Phi) is 5.03. The van der Waals surface area contributed by atoms with Gasteiger partial charge in [0.2, 0.25) is 5.91 Å². The van der Waals surface area contributed by atoms with E-state index in [1.807, 2.05) is 46.8 Å². The first-order valence-electron chi connectivity index (χ1n) is 7.77. The van der Waals surface area contributed by atoms with Crippen LogP contribution in [-0.4, -0.2) is 52.6 Å². The maximum absolute atomic E-state index is 12.3. The van der Waals surface area contributed by atoms with Crippen LogP contribution in [0, 0.1) is 13.8 Å². The predicted octanol–water partition coefficient (Wildman–Crippen LogP) is 2.44. The molecule has 0 bridgehead atoms. The van der Waals surface area contributed by atoms with Gasteiger partial charge in [-0.2, -0.15) is 5.10 Å². The van der Waals surface area contributed by atoms with Gasteiger partial charge >= 0.3 is 0 Å². The molecule has 1 fully saturated rings. The van der Waals surface area contributed by atoms with E-state index in [0.717, 1.165) is 22.0 Å². The summed E-state index contributed by atoms with van der Waals surface area (Å²) in [7, 11) is 0. The number of carbonyl (C=O) groups excluding carboxylic acids is 1. The molecule has 0 spiro atoms. The highest BCUT2D eigenvalue weighted by Crippen LogP contribution is 2.28. The number of nitrogens with zero attached hydrogens (tertiary/aromatic N) is 3. The van der Waals surface area contributed by atoms with Gasteiger partial charge in [-0.05, 0) is 26.0 Å². The third-order valence-electron chi connectivity index (χ3n) is 3.93. The smallest absolute Gasteiger partial charge is 0.233 e. The third kappa shape index (κ3) is 3.59. The minimum Gasteiger partial charge on any atom is -0.378 e. The van der Waals surface area contributed by atoms with Gasteiger partial charge in [-0.1, -0.05) is 18.2 Å². The monoisotopic (exact) mass is 331 g/mol. The second-order valence-electron chi connectivity index (χ2n) is 5.53. The van der Waals surface area contributed by atoms with Crippen LogP contribution in [0.5, 0.6) is 0 Å². The van der Waals surface area contributed by atoms with Crippen molar-refractivity contribution < 1.29 is 9.53 Å². The minimum atomic E-state index is 0.171. The quantitative estimate of drug-likeness (QED) is 0.808. The molecular weight excluding hydrogens is 310 g/mol. The molecule has 0 unspecified atom stereocenters. The molecule has 1 aliphatic heterocycles. The molecule has 2 aromatic rings. The largest absolute Gasteiger partial charge is 0.378 e. The number of benzene rings is 1. The fourth-order valence-corrected chi connectivity index (χ4v) is 3.69. The molecule has 122 valence electrons. The molecule has 1 aliphatic rings. The number of morpholine rings is 1. The zero-order valence-corrected chi connectivity index (χ0v) is 14.3. The number of hydrogen-bond acceptors (Lipinski definition) is 4. The van der Waals surface area contributed by atoms with Crippen molar-refractivity contribution in [3.63, 3.8) is 0 Å². The number of thioether (sulfide) groups is 1. The zero-order chi connectivity index (χ0) is 16.2. The van der Waals surface area contributed by atoms with Crippen LogP contribution in [0.4, 0.5) is 0 Å². The van der Waals surface area contributed by atoms with Crippen molar-refractivity contribution >= 4 is 17.7 Å². The van der Waals surface area contributed by atoms with Gasteiger partial charge in [0, 0.05) is 13.1 Å². The molecule has 0 atom stereocenters. The van der Waals surface area contributed by atoms with Crippen LogP contribution in [0.15, 0.2) is 35.2 Å². The van der Waals surface area contributed by atoms with Gasteiger partial charge in [-0.15, -0.1) is 11.8 Å². The number of aryl methyl sites for hydroxylation is 1. The number of rotatable bonds is 4. The Labute approximate surface area is 140 Å². The third-order valence-corrected chi connectivity index (χ3v) is 5.20. The average molecular weight is 331 g/mol. The summed E-state index contributed by atoms with van der Waals surface area (Å²) in [4.78, 5) is 15.3. The topological polar surface area (TPSA) is 47.4 Å². The summed E-state index contributed by atoms with van der Waals surface area (Å²) in [5, 5.41) is 4.62. The van der Waals surface area contributed by atoms with Crippen molar-refractivity contribution in [2.45, 2.75) is 18.7 Å². The number of carbonyl (C=O) groups is 1. The number of para-hydroxylation sites is 1. The highest BCUT2D eigenvalue weighted by Gasteiger charge is 2.19. The van der Waals surface area contributed by atoms with E-state index in [9.17, 15) is 4.79 Å². The van der Waals surface area contributed by atoms with Crippen molar-refractivity contribution in [1.29, 1.82) is 0 Å². The Hall–Kier alpha value is -1.79. The van der Waals surface area contributed by atoms with E-state index in [-0.39, 0.29) is 5.91 Å². The fraction of sp³-hybridized carbons (Fsp3) is 0.412. The summed E-state index contributed by atoms with van der Waals surface area (Å²) in [5.74, 6) is 0.617. The molecule has 2 heterocycles. The number of hydrogen-bond donors (Lipinski definition) is 0. The summed E-state index contributed by atoms with van der Waals surface area (Å²) >= 11 is 1.58. The lowest BCUT2D eigenvalue weighted by molar-refractivity contribution is -0.132. The molecule has 5 nitrogen and oxygen atoms in total. The SMILES string of the molecule is Cc1nn(-c2ccccc2)c(C)c1SCC(=O)N1CCOCC1. The second kappa shape index (κ2) is 7.19. The maximum atomic E-state index is 12.3. The van der Waals surface area contributed by atoms with Crippen molar-refractivity contribution in [2.75, 3.05) is 32.1 Å². The lowest BCUT2D eigenvalue weighted by atomic mass is 10.3. The van der Waals surface area contributed by atoms with E-state index in [1.165, 1.54) is 0 Å². The van der Waals surface area contributed by atoms with Gasteiger partial charge in [-0.25, -0.2) is 4.68 Å². The van der Waals surface area contributed by atoms with Crippen molar-refractivity contribution in [1.82, 2.24) is 14.7 Å². The van der Waals surface area contributed by atoms with E-state index >= 15 is 0 Å². The Balaban J connectivity index is 1.71. The van der Waals surface area contributed by atoms with Gasteiger partial charge in [0.1, 0.15) is 0 Å². The number of ether oxygens (including phenoxy) is 1. The lowest BCUT2D eigenvalue weighted by Gasteiger charge is -2.26. The van der Waals surface area contributed by atoms with Crippen molar-refractivity contribution in [3.05, 3.63) is 41.7 Å². The fourth-order valence-electron chi connectivity index (χ4n) is 2.70. The van der Waals surface area contributed by atoms with Crippen LogP contribution in [0.2, 0.25) is 0 Å². The highest BCUT2D eigenvalue weighted by molar-refractivity contribution is 8.00. The predicted molar refractivity (Wildman–Crippen MR) is 91.2 cm³/mol. The Morgan fingerprint density at radius 3 is 2.61 bits per heavy atom. The Bertz CT molecular complexity index is 679. The zero-order valence-electron chi connectivity index (χ0n) is 13.5. The van der Waals surface area contributed by atoms with E-state index in [4.69, 9.17) is 4.74 Å². The van der Waals surface area contributed by atoms with E-state index < -0.39 is 0 Å². The Morgan fingerprint density at radius 2 is 1.91 bits per heavy atom. The summed E-state index contributed by atoms with van der Waals surface area (Å²) in [5.41, 5.74) is 3.08. The molecule has 1 aromatic carbocycles. The molecule has 0 radical (unpaired) electrons. The first kappa shape index (κ1) is 16.1. The summed E-state index contributed by atoms with van der Waals surface area (Å²) in [6.07, 6.45) is 0. The number of amides is 1. The van der Waals surface area contributed by atoms with Crippen LogP contribution < -0.4 is 0 Å². The highest BCUT2D eigenvalue weighted by atomic mass is 32.2. The second-order valence-corrected chi connectivity index (χ2v) is 6.51. The molecule has 1 aromatic heterocycles. The summed E-state index contributed by atoms with van der Waals surface area (Å²) < 4.78 is 7.23. The first-order chi connectivity index (χ1) is 11.2. The van der Waals surface area contributed by atoms with Gasteiger partial charge in [0.05, 0.1) is 40.9 Å². The minimum absolute atomic E-state index is 0.171. The van der Waals surface area contributed by atoms with Crippen LogP contribution in [0.1, 0.15) is 11.4 Å². The molecule has 1 amide bonds. The van der Waals surface area contributed by atoms with E-state index in [0.29, 0.717) is 32.1 Å². The molecule has 3 rings (SSSR count). The van der Waals surface area contributed by atoms with Gasteiger partial charge in [0.15, 0.2) is 0 Å². The normalized spacial score (nSPS) is 15.0. The van der Waals surface area contributed by atoms with Crippen LogP contribution >= 0.6 is 11.8 Å². The molecule has 0 N–H and O–H groups in total. The standard InChI is InChI=1S/C17H21N3O2S/c1-13-17(23-12-16(21)19-8-10-22-11-9-19)14(2)20(18-13)15-6-4-3-5-7-15/h3-7H,8-12H2,1-2H3. The van der Waals surface area contributed by atoms with E-state index in [2.05, 4.69) is 12.0 Å². The van der Waals surface area contributed by atoms with Crippen molar-refractivity contribution in [3.8, 4) is 5.69 Å². The van der Waals surface area contributed by atoms with Crippen molar-refractivity contribution in [2.24, 2.45) is 0 Å². The maximum Gasteiger partial charge on any atom is 0.233 e. The van der Waals surface area contributed by atoms with Crippen LogP contribution in [-0.2, 0) is 9.53 Å². The lowest BCUT2D eigenvalue weighted by Crippen LogP contribution is -2.41. The molecule has 23 heavy (non-hydrogen) atoms. The summed E-state index contributed by atoms with van der Waals surface area (Å²) in [6, 6.07) is 10.1. The average Bonchev–Trinajstić information content (AvgIpc) is 2.88. The molecule has 0 aliphatic carbocycles. The number of aromatic nitrogens is 2. The van der Waals surface area contributed by atoms with Gasteiger partial charge in [-0.3, -0.25) is 4.79 Å². The van der Waals surface area contributed by atoms with Crippen LogP contribution in [0.3, 0.4) is 0 Å². The molecule has 6 heteroatoms.